The standard InChI is InChI=1S/C15H21FN2O/c1-11-7-9-18(10-8-11)12(2)15(19)17-14-6-4-3-5-13(14)16/h3-6,11-12H,7-10H2,1-2H3,(H,17,19)/p+1/t12-/m0/s1. The molecule has 0 spiro atoms. The van der Waals surface area contributed by atoms with E-state index in [1.807, 2.05) is 6.92 Å². The summed E-state index contributed by atoms with van der Waals surface area (Å²) >= 11 is 0. The Labute approximate surface area is 113 Å². The Kier molecular flexibility index (Phi) is 4.53. The van der Waals surface area contributed by atoms with E-state index >= 15 is 0 Å². The normalized spacial score (nSPS) is 24.8. The van der Waals surface area contributed by atoms with Crippen molar-refractivity contribution < 1.29 is 14.1 Å². The minimum atomic E-state index is -0.384. The molecule has 4 heteroatoms. The first kappa shape index (κ1) is 14.0. The fourth-order valence-electron chi connectivity index (χ4n) is 2.55. The van der Waals surface area contributed by atoms with E-state index in [9.17, 15) is 9.18 Å². The average Bonchev–Trinajstić information content (AvgIpc) is 2.41. The SMILES string of the molecule is CC1CC[NH+]([C@@H](C)C(=O)Nc2ccccc2F)CC1. The first-order valence-electron chi connectivity index (χ1n) is 6.98. The number of likely N-dealkylation sites (tertiary alicyclic amines) is 1. The summed E-state index contributed by atoms with van der Waals surface area (Å²) in [6.45, 7) is 6.21. The summed E-state index contributed by atoms with van der Waals surface area (Å²) in [6.07, 6.45) is 2.32. The summed E-state index contributed by atoms with van der Waals surface area (Å²) in [5.74, 6) is 0.269. The predicted molar refractivity (Wildman–Crippen MR) is 73.6 cm³/mol. The molecule has 1 atom stereocenters. The Hall–Kier alpha value is -1.42. The second-order valence-corrected chi connectivity index (χ2v) is 5.53. The van der Waals surface area contributed by atoms with E-state index in [4.69, 9.17) is 0 Å². The quantitative estimate of drug-likeness (QED) is 0.852. The van der Waals surface area contributed by atoms with Gasteiger partial charge in [0.1, 0.15) is 5.82 Å². The second kappa shape index (κ2) is 6.15. The predicted octanol–water partition coefficient (Wildman–Crippen LogP) is 1.47. The molecule has 2 rings (SSSR count). The number of quaternary nitrogens is 1. The van der Waals surface area contributed by atoms with Crippen LogP contribution in [0, 0.1) is 11.7 Å². The van der Waals surface area contributed by atoms with E-state index < -0.39 is 0 Å². The molecule has 0 aliphatic carbocycles. The van der Waals surface area contributed by atoms with Crippen LogP contribution in [0.2, 0.25) is 0 Å². The van der Waals surface area contributed by atoms with E-state index in [1.165, 1.54) is 11.0 Å². The molecule has 0 unspecified atom stereocenters. The summed E-state index contributed by atoms with van der Waals surface area (Å²) in [5, 5.41) is 2.68. The third kappa shape index (κ3) is 3.53. The van der Waals surface area contributed by atoms with Crippen molar-refractivity contribution in [3.05, 3.63) is 30.1 Å². The summed E-state index contributed by atoms with van der Waals surface area (Å²) in [5.41, 5.74) is 0.268. The fourth-order valence-corrected chi connectivity index (χ4v) is 2.55. The molecule has 1 amide bonds. The number of hydrogen-bond acceptors (Lipinski definition) is 1. The van der Waals surface area contributed by atoms with Crippen LogP contribution >= 0.6 is 0 Å². The number of rotatable bonds is 3. The van der Waals surface area contributed by atoms with E-state index in [1.54, 1.807) is 18.2 Å². The van der Waals surface area contributed by atoms with Crippen molar-refractivity contribution in [3.8, 4) is 0 Å². The van der Waals surface area contributed by atoms with Gasteiger partial charge in [-0.25, -0.2) is 4.39 Å². The molecule has 0 saturated carbocycles. The molecule has 1 fully saturated rings. The van der Waals surface area contributed by atoms with Gasteiger partial charge in [-0.15, -0.1) is 0 Å². The largest absolute Gasteiger partial charge is 0.325 e. The minimum absolute atomic E-state index is 0.102. The van der Waals surface area contributed by atoms with E-state index in [2.05, 4.69) is 12.2 Å². The fraction of sp³-hybridized carbons (Fsp3) is 0.533. The molecule has 0 bridgehead atoms. The van der Waals surface area contributed by atoms with Gasteiger partial charge in [0.15, 0.2) is 6.04 Å². The zero-order valence-electron chi connectivity index (χ0n) is 11.6. The molecule has 0 aromatic heterocycles. The zero-order chi connectivity index (χ0) is 13.8. The molecule has 1 aromatic rings. The maximum absolute atomic E-state index is 13.5. The maximum Gasteiger partial charge on any atom is 0.282 e. The highest BCUT2D eigenvalue weighted by molar-refractivity contribution is 5.93. The Morgan fingerprint density at radius 1 is 1.37 bits per heavy atom. The molecular formula is C15H22FN2O+. The van der Waals surface area contributed by atoms with Crippen molar-refractivity contribution in [1.29, 1.82) is 0 Å². The minimum Gasteiger partial charge on any atom is -0.325 e. The lowest BCUT2D eigenvalue weighted by Gasteiger charge is -2.31. The molecular weight excluding hydrogens is 243 g/mol. The second-order valence-electron chi connectivity index (χ2n) is 5.53. The Morgan fingerprint density at radius 3 is 2.63 bits per heavy atom. The van der Waals surface area contributed by atoms with E-state index in [-0.39, 0.29) is 23.5 Å². The molecule has 1 aromatic carbocycles. The van der Waals surface area contributed by atoms with Crippen LogP contribution in [0.3, 0.4) is 0 Å². The van der Waals surface area contributed by atoms with Crippen molar-refractivity contribution in [2.24, 2.45) is 5.92 Å². The Bertz CT molecular complexity index is 442. The highest BCUT2D eigenvalue weighted by Crippen LogP contribution is 2.12. The number of nitrogens with one attached hydrogen (secondary N) is 2. The van der Waals surface area contributed by atoms with Crippen LogP contribution < -0.4 is 10.2 Å². The van der Waals surface area contributed by atoms with Gasteiger partial charge >= 0.3 is 0 Å². The van der Waals surface area contributed by atoms with Gasteiger partial charge in [-0.05, 0) is 37.8 Å². The van der Waals surface area contributed by atoms with Gasteiger partial charge in [-0.3, -0.25) is 4.79 Å². The number of amides is 1. The van der Waals surface area contributed by atoms with Crippen LogP contribution in [0.5, 0.6) is 0 Å². The van der Waals surface area contributed by atoms with Gasteiger partial charge in [-0.1, -0.05) is 19.1 Å². The lowest BCUT2D eigenvalue weighted by molar-refractivity contribution is -0.919. The first-order chi connectivity index (χ1) is 9.08. The Balaban J connectivity index is 1.94. The Morgan fingerprint density at radius 2 is 2.00 bits per heavy atom. The number of carbonyl (C=O) groups excluding carboxylic acids is 1. The molecule has 1 aliphatic heterocycles. The number of hydrogen-bond donors (Lipinski definition) is 2. The van der Waals surface area contributed by atoms with Crippen LogP contribution in [0.4, 0.5) is 10.1 Å². The lowest BCUT2D eigenvalue weighted by atomic mass is 9.98. The topological polar surface area (TPSA) is 33.5 Å². The lowest BCUT2D eigenvalue weighted by Crippen LogP contribution is -3.17. The average molecular weight is 265 g/mol. The highest BCUT2D eigenvalue weighted by atomic mass is 19.1. The third-order valence-electron chi connectivity index (χ3n) is 4.05. The third-order valence-corrected chi connectivity index (χ3v) is 4.05. The number of carbonyl (C=O) groups is 1. The monoisotopic (exact) mass is 265 g/mol. The van der Waals surface area contributed by atoms with Crippen LogP contribution in [0.1, 0.15) is 26.7 Å². The van der Waals surface area contributed by atoms with Gasteiger partial charge in [0.2, 0.25) is 0 Å². The van der Waals surface area contributed by atoms with E-state index in [0.717, 1.165) is 31.8 Å². The summed E-state index contributed by atoms with van der Waals surface area (Å²) in [4.78, 5) is 13.4. The zero-order valence-corrected chi connectivity index (χ0v) is 11.6. The molecule has 0 radical (unpaired) electrons. The number of para-hydroxylation sites is 1. The van der Waals surface area contributed by atoms with Crippen molar-refractivity contribution in [3.63, 3.8) is 0 Å². The van der Waals surface area contributed by atoms with Gasteiger partial charge < -0.3 is 10.2 Å². The highest BCUT2D eigenvalue weighted by Gasteiger charge is 2.28. The maximum atomic E-state index is 13.5. The molecule has 1 aliphatic rings. The number of anilines is 1. The van der Waals surface area contributed by atoms with Crippen LogP contribution in [-0.4, -0.2) is 25.0 Å². The van der Waals surface area contributed by atoms with Crippen molar-refractivity contribution in [2.75, 3.05) is 18.4 Å². The summed E-state index contributed by atoms with van der Waals surface area (Å²) < 4.78 is 13.5. The van der Waals surface area contributed by atoms with Gasteiger partial charge in [0, 0.05) is 0 Å². The van der Waals surface area contributed by atoms with Gasteiger partial charge in [0.25, 0.3) is 5.91 Å². The summed E-state index contributed by atoms with van der Waals surface area (Å²) in [6, 6.07) is 6.15. The van der Waals surface area contributed by atoms with Crippen molar-refractivity contribution >= 4 is 11.6 Å². The van der Waals surface area contributed by atoms with Crippen molar-refractivity contribution in [1.82, 2.24) is 0 Å². The van der Waals surface area contributed by atoms with Gasteiger partial charge in [-0.2, -0.15) is 0 Å². The van der Waals surface area contributed by atoms with Crippen LogP contribution in [0.15, 0.2) is 24.3 Å². The molecule has 3 nitrogen and oxygen atoms in total. The van der Waals surface area contributed by atoms with Gasteiger partial charge in [0.05, 0.1) is 18.8 Å². The number of benzene rings is 1. The molecule has 1 heterocycles. The van der Waals surface area contributed by atoms with Crippen molar-refractivity contribution in [2.45, 2.75) is 32.7 Å². The number of piperidine rings is 1. The molecule has 1 saturated heterocycles. The molecule has 2 N–H and O–H groups in total. The van der Waals surface area contributed by atoms with Crippen LogP contribution in [-0.2, 0) is 4.79 Å². The molecule has 104 valence electrons. The van der Waals surface area contributed by atoms with E-state index in [0.29, 0.717) is 0 Å². The summed E-state index contributed by atoms with van der Waals surface area (Å²) in [7, 11) is 0. The number of halogens is 1. The molecule has 19 heavy (non-hydrogen) atoms. The first-order valence-corrected chi connectivity index (χ1v) is 6.98. The van der Waals surface area contributed by atoms with Crippen LogP contribution in [0.25, 0.3) is 0 Å². The smallest absolute Gasteiger partial charge is 0.282 e.